The number of nitrogens with one attached hydrogen (secondary N) is 1. The van der Waals surface area contributed by atoms with Crippen molar-refractivity contribution in [1.29, 1.82) is 0 Å². The van der Waals surface area contributed by atoms with Crippen LogP contribution in [0.1, 0.15) is 44.2 Å². The molecule has 1 N–H and O–H groups in total. The summed E-state index contributed by atoms with van der Waals surface area (Å²) in [4.78, 5) is 0. The lowest BCUT2D eigenvalue weighted by Gasteiger charge is -2.28. The van der Waals surface area contributed by atoms with Crippen LogP contribution >= 0.6 is 0 Å². The van der Waals surface area contributed by atoms with E-state index in [1.165, 1.54) is 24.8 Å². The molecule has 1 aromatic rings. The summed E-state index contributed by atoms with van der Waals surface area (Å²) in [7, 11) is 0. The monoisotopic (exact) mass is 233 g/mol. The molecule has 1 aliphatic carbocycles. The molecule has 0 spiro atoms. The van der Waals surface area contributed by atoms with Gasteiger partial charge in [-0.05, 0) is 37.8 Å². The minimum absolute atomic E-state index is 0.344. The lowest BCUT2D eigenvalue weighted by Crippen LogP contribution is -2.30. The summed E-state index contributed by atoms with van der Waals surface area (Å²) in [5.74, 6) is 0. The molecule has 94 valence electrons. The van der Waals surface area contributed by atoms with Crippen LogP contribution in [-0.2, 0) is 4.74 Å². The molecule has 1 saturated carbocycles. The topological polar surface area (TPSA) is 21.3 Å². The Bertz CT molecular complexity index is 308. The predicted molar refractivity (Wildman–Crippen MR) is 71.1 cm³/mol. The Morgan fingerprint density at radius 3 is 2.65 bits per heavy atom. The lowest BCUT2D eigenvalue weighted by molar-refractivity contribution is -0.00876. The number of hydrogen-bond donors (Lipinski definition) is 1. The Balaban J connectivity index is 1.87. The Hall–Kier alpha value is -0.860. The van der Waals surface area contributed by atoms with E-state index in [2.05, 4.69) is 42.6 Å². The van der Waals surface area contributed by atoms with Crippen molar-refractivity contribution in [2.75, 3.05) is 13.2 Å². The van der Waals surface area contributed by atoms with Crippen molar-refractivity contribution in [1.82, 2.24) is 5.32 Å². The van der Waals surface area contributed by atoms with Crippen LogP contribution < -0.4 is 5.32 Å². The third-order valence-electron chi connectivity index (χ3n) is 3.39. The van der Waals surface area contributed by atoms with E-state index in [0.717, 1.165) is 19.6 Å². The summed E-state index contributed by atoms with van der Waals surface area (Å²) < 4.78 is 5.93. The van der Waals surface area contributed by atoms with Gasteiger partial charge in [0.1, 0.15) is 0 Å². The summed E-state index contributed by atoms with van der Waals surface area (Å²) in [5.41, 5.74) is 1.33. The Morgan fingerprint density at radius 2 is 2.06 bits per heavy atom. The quantitative estimate of drug-likeness (QED) is 0.780. The van der Waals surface area contributed by atoms with Gasteiger partial charge in [-0.25, -0.2) is 0 Å². The van der Waals surface area contributed by atoms with Crippen LogP contribution in [0.3, 0.4) is 0 Å². The summed E-state index contributed by atoms with van der Waals surface area (Å²) in [6.07, 6.45) is 5.50. The third kappa shape index (κ3) is 3.83. The van der Waals surface area contributed by atoms with E-state index in [4.69, 9.17) is 4.74 Å². The molecule has 1 aliphatic rings. The van der Waals surface area contributed by atoms with Crippen molar-refractivity contribution >= 4 is 0 Å². The van der Waals surface area contributed by atoms with Crippen LogP contribution in [0.25, 0.3) is 0 Å². The zero-order chi connectivity index (χ0) is 11.9. The Kier molecular flexibility index (Phi) is 5.02. The van der Waals surface area contributed by atoms with Gasteiger partial charge < -0.3 is 10.1 Å². The van der Waals surface area contributed by atoms with Gasteiger partial charge in [0.2, 0.25) is 0 Å². The molecular weight excluding hydrogens is 210 g/mol. The highest BCUT2D eigenvalue weighted by Crippen LogP contribution is 2.24. The molecule has 0 aromatic heterocycles. The zero-order valence-corrected chi connectivity index (χ0v) is 10.7. The maximum Gasteiger partial charge on any atom is 0.0665 e. The molecule has 1 atom stereocenters. The van der Waals surface area contributed by atoms with Gasteiger partial charge in [-0.1, -0.05) is 37.3 Å². The summed E-state index contributed by atoms with van der Waals surface area (Å²) in [5, 5.41) is 3.56. The zero-order valence-electron chi connectivity index (χ0n) is 10.7. The van der Waals surface area contributed by atoms with E-state index in [0.29, 0.717) is 12.1 Å². The fourth-order valence-electron chi connectivity index (χ4n) is 2.05. The SMILES string of the molecule is CCCNC(COC1CCC1)c1ccccc1. The number of benzene rings is 1. The van der Waals surface area contributed by atoms with Gasteiger partial charge in [0.25, 0.3) is 0 Å². The van der Waals surface area contributed by atoms with E-state index >= 15 is 0 Å². The summed E-state index contributed by atoms with van der Waals surface area (Å²) in [6.45, 7) is 4.05. The summed E-state index contributed by atoms with van der Waals surface area (Å²) in [6, 6.07) is 11.0. The maximum atomic E-state index is 5.93. The molecule has 0 heterocycles. The highest BCUT2D eigenvalue weighted by Gasteiger charge is 2.20. The van der Waals surface area contributed by atoms with Gasteiger partial charge in [-0.3, -0.25) is 0 Å². The van der Waals surface area contributed by atoms with Crippen LogP contribution in [0.5, 0.6) is 0 Å². The maximum absolute atomic E-state index is 5.93. The normalized spacial score (nSPS) is 17.7. The number of rotatable bonds is 7. The first-order valence-corrected chi connectivity index (χ1v) is 6.80. The molecule has 0 radical (unpaired) electrons. The molecule has 0 bridgehead atoms. The van der Waals surface area contributed by atoms with E-state index in [-0.39, 0.29) is 0 Å². The van der Waals surface area contributed by atoms with Crippen LogP contribution in [0.4, 0.5) is 0 Å². The lowest BCUT2D eigenvalue weighted by atomic mass is 9.96. The highest BCUT2D eigenvalue weighted by molar-refractivity contribution is 5.18. The smallest absolute Gasteiger partial charge is 0.0665 e. The van der Waals surface area contributed by atoms with Gasteiger partial charge in [0, 0.05) is 0 Å². The van der Waals surface area contributed by atoms with Crippen molar-refractivity contribution in [3.63, 3.8) is 0 Å². The first kappa shape index (κ1) is 12.6. The molecule has 17 heavy (non-hydrogen) atoms. The summed E-state index contributed by atoms with van der Waals surface area (Å²) >= 11 is 0. The van der Waals surface area contributed by atoms with E-state index < -0.39 is 0 Å². The van der Waals surface area contributed by atoms with Crippen molar-refractivity contribution in [2.24, 2.45) is 0 Å². The average molecular weight is 233 g/mol. The minimum Gasteiger partial charge on any atom is -0.376 e. The molecule has 2 nitrogen and oxygen atoms in total. The fraction of sp³-hybridized carbons (Fsp3) is 0.600. The van der Waals surface area contributed by atoms with Gasteiger partial charge in [-0.15, -0.1) is 0 Å². The Morgan fingerprint density at radius 1 is 1.29 bits per heavy atom. The second kappa shape index (κ2) is 6.77. The first-order chi connectivity index (χ1) is 8.40. The molecule has 1 unspecified atom stereocenters. The molecule has 2 rings (SSSR count). The molecule has 1 fully saturated rings. The molecule has 2 heteroatoms. The third-order valence-corrected chi connectivity index (χ3v) is 3.39. The molecule has 0 aliphatic heterocycles. The molecule has 0 amide bonds. The predicted octanol–water partition coefficient (Wildman–Crippen LogP) is 3.30. The minimum atomic E-state index is 0.344. The van der Waals surface area contributed by atoms with Crippen molar-refractivity contribution in [2.45, 2.75) is 44.8 Å². The van der Waals surface area contributed by atoms with Crippen LogP contribution in [-0.4, -0.2) is 19.3 Å². The molecular formula is C15H23NO. The van der Waals surface area contributed by atoms with Gasteiger partial charge in [0.15, 0.2) is 0 Å². The molecule has 1 aromatic carbocycles. The number of ether oxygens (including phenoxy) is 1. The fourth-order valence-corrected chi connectivity index (χ4v) is 2.05. The van der Waals surface area contributed by atoms with Crippen LogP contribution in [0.2, 0.25) is 0 Å². The van der Waals surface area contributed by atoms with E-state index in [9.17, 15) is 0 Å². The van der Waals surface area contributed by atoms with Gasteiger partial charge in [-0.2, -0.15) is 0 Å². The van der Waals surface area contributed by atoms with Crippen molar-refractivity contribution in [3.05, 3.63) is 35.9 Å². The Labute approximate surface area is 104 Å². The second-order valence-corrected chi connectivity index (χ2v) is 4.80. The largest absolute Gasteiger partial charge is 0.376 e. The standard InChI is InChI=1S/C15H23NO/c1-2-11-16-15(12-17-14-9-6-10-14)13-7-4-3-5-8-13/h3-5,7-8,14-16H,2,6,9-12H2,1H3. The highest BCUT2D eigenvalue weighted by atomic mass is 16.5. The number of hydrogen-bond acceptors (Lipinski definition) is 2. The van der Waals surface area contributed by atoms with Gasteiger partial charge in [0.05, 0.1) is 18.8 Å². The van der Waals surface area contributed by atoms with Crippen LogP contribution in [0.15, 0.2) is 30.3 Å². The molecule has 0 saturated heterocycles. The van der Waals surface area contributed by atoms with Crippen molar-refractivity contribution < 1.29 is 4.74 Å². The van der Waals surface area contributed by atoms with Crippen LogP contribution in [0, 0.1) is 0 Å². The first-order valence-electron chi connectivity index (χ1n) is 6.80. The van der Waals surface area contributed by atoms with E-state index in [1.54, 1.807) is 0 Å². The van der Waals surface area contributed by atoms with Crippen molar-refractivity contribution in [3.8, 4) is 0 Å². The average Bonchev–Trinajstić information content (AvgIpc) is 2.32. The second-order valence-electron chi connectivity index (χ2n) is 4.80. The van der Waals surface area contributed by atoms with Gasteiger partial charge >= 0.3 is 0 Å². The van der Waals surface area contributed by atoms with E-state index in [1.807, 2.05) is 0 Å².